The highest BCUT2D eigenvalue weighted by Gasteiger charge is 2.41. The zero-order valence-electron chi connectivity index (χ0n) is 7.93. The molecule has 1 N–H and O–H groups in total. The molecule has 1 aromatic rings. The quantitative estimate of drug-likeness (QED) is 0.774. The molecule has 0 radical (unpaired) electrons. The summed E-state index contributed by atoms with van der Waals surface area (Å²) in [6, 6.07) is 3.58. The summed E-state index contributed by atoms with van der Waals surface area (Å²) < 4.78 is 25.6. The van der Waals surface area contributed by atoms with E-state index in [0.717, 1.165) is 25.0 Å². The molecule has 2 rings (SSSR count). The fourth-order valence-electron chi connectivity index (χ4n) is 1.69. The minimum Gasteiger partial charge on any atom is -0.385 e. The Balaban J connectivity index is 2.36. The van der Waals surface area contributed by atoms with Gasteiger partial charge in [-0.15, -0.1) is 0 Å². The third-order valence-corrected chi connectivity index (χ3v) is 2.88. The van der Waals surface area contributed by atoms with Gasteiger partial charge in [0.2, 0.25) is 0 Å². The second-order valence-electron chi connectivity index (χ2n) is 4.05. The third-order valence-electron chi connectivity index (χ3n) is 2.88. The molecule has 1 aromatic carbocycles. The summed E-state index contributed by atoms with van der Waals surface area (Å²) in [7, 11) is 0. The Kier molecular flexibility index (Phi) is 2.07. The van der Waals surface area contributed by atoms with Gasteiger partial charge in [-0.3, -0.25) is 0 Å². The highest BCUT2D eigenvalue weighted by molar-refractivity contribution is 5.25. The van der Waals surface area contributed by atoms with Crippen molar-refractivity contribution in [3.63, 3.8) is 0 Å². The summed E-state index contributed by atoms with van der Waals surface area (Å²) in [5.41, 5.74) is -0.562. The van der Waals surface area contributed by atoms with Crippen LogP contribution in [0.5, 0.6) is 0 Å². The molecule has 0 saturated heterocycles. The smallest absolute Gasteiger partial charge is 0.159 e. The first-order valence-corrected chi connectivity index (χ1v) is 4.69. The van der Waals surface area contributed by atoms with Crippen LogP contribution in [0.1, 0.15) is 25.3 Å². The molecule has 0 heterocycles. The number of rotatable bonds is 2. The lowest BCUT2D eigenvalue weighted by Gasteiger charge is -2.23. The van der Waals surface area contributed by atoms with Crippen molar-refractivity contribution in [1.29, 1.82) is 0 Å². The minimum atomic E-state index is -1.02. The molecule has 1 aliphatic rings. The Hall–Kier alpha value is -0.960. The summed E-state index contributed by atoms with van der Waals surface area (Å²) in [4.78, 5) is 0. The molecule has 3 heteroatoms. The fourth-order valence-corrected chi connectivity index (χ4v) is 1.69. The number of benzene rings is 1. The lowest BCUT2D eigenvalue weighted by Crippen LogP contribution is -2.23. The standard InChI is InChI=1S/C11H12F2O/c1-11(14,7-2-3-7)8-4-5-9(12)10(13)6-8/h4-7,14H,2-3H2,1H3. The molecule has 1 aliphatic carbocycles. The molecular weight excluding hydrogens is 186 g/mol. The second-order valence-corrected chi connectivity index (χ2v) is 4.05. The van der Waals surface area contributed by atoms with Gasteiger partial charge in [-0.1, -0.05) is 6.07 Å². The molecular formula is C11H12F2O. The Morgan fingerprint density at radius 3 is 2.43 bits per heavy atom. The maximum absolute atomic E-state index is 12.9. The Morgan fingerprint density at radius 1 is 1.29 bits per heavy atom. The van der Waals surface area contributed by atoms with Crippen molar-refractivity contribution >= 4 is 0 Å². The van der Waals surface area contributed by atoms with E-state index in [9.17, 15) is 13.9 Å². The van der Waals surface area contributed by atoms with Crippen molar-refractivity contribution < 1.29 is 13.9 Å². The maximum atomic E-state index is 12.9. The van der Waals surface area contributed by atoms with Crippen LogP contribution < -0.4 is 0 Å². The summed E-state index contributed by atoms with van der Waals surface area (Å²) in [6.07, 6.45) is 1.90. The van der Waals surface area contributed by atoms with Crippen molar-refractivity contribution in [1.82, 2.24) is 0 Å². The zero-order chi connectivity index (χ0) is 10.3. The summed E-state index contributed by atoms with van der Waals surface area (Å²) in [6.45, 7) is 1.65. The number of halogens is 2. The van der Waals surface area contributed by atoms with Crippen LogP contribution in [0.4, 0.5) is 8.78 Å². The number of hydrogen-bond donors (Lipinski definition) is 1. The molecule has 1 unspecified atom stereocenters. The van der Waals surface area contributed by atoms with Gasteiger partial charge < -0.3 is 5.11 Å². The predicted molar refractivity (Wildman–Crippen MR) is 48.7 cm³/mol. The van der Waals surface area contributed by atoms with Gasteiger partial charge in [0.15, 0.2) is 11.6 Å². The third kappa shape index (κ3) is 1.52. The Bertz CT molecular complexity index is 356. The molecule has 14 heavy (non-hydrogen) atoms. The molecule has 1 nitrogen and oxygen atoms in total. The van der Waals surface area contributed by atoms with Gasteiger partial charge in [0.25, 0.3) is 0 Å². The molecule has 0 aromatic heterocycles. The highest BCUT2D eigenvalue weighted by atomic mass is 19.2. The van der Waals surface area contributed by atoms with E-state index in [0.29, 0.717) is 5.56 Å². The average molecular weight is 198 g/mol. The van der Waals surface area contributed by atoms with E-state index in [2.05, 4.69) is 0 Å². The van der Waals surface area contributed by atoms with Gasteiger partial charge in [0.05, 0.1) is 5.60 Å². The van der Waals surface area contributed by atoms with E-state index in [4.69, 9.17) is 0 Å². The van der Waals surface area contributed by atoms with Crippen molar-refractivity contribution in [2.75, 3.05) is 0 Å². The first kappa shape index (κ1) is 9.59. The lowest BCUT2D eigenvalue weighted by atomic mass is 9.91. The average Bonchev–Trinajstić information content (AvgIpc) is 2.92. The molecule has 0 spiro atoms. The van der Waals surface area contributed by atoms with E-state index < -0.39 is 17.2 Å². The first-order valence-electron chi connectivity index (χ1n) is 4.69. The van der Waals surface area contributed by atoms with Gasteiger partial charge in [0.1, 0.15) is 0 Å². The first-order chi connectivity index (χ1) is 6.51. The van der Waals surface area contributed by atoms with Gasteiger partial charge in [-0.25, -0.2) is 8.78 Å². The zero-order valence-corrected chi connectivity index (χ0v) is 7.93. The molecule has 0 bridgehead atoms. The summed E-state index contributed by atoms with van der Waals surface area (Å²) >= 11 is 0. The van der Waals surface area contributed by atoms with Crippen molar-refractivity contribution in [3.05, 3.63) is 35.4 Å². The van der Waals surface area contributed by atoms with Crippen LogP contribution >= 0.6 is 0 Å². The number of hydrogen-bond acceptors (Lipinski definition) is 1. The van der Waals surface area contributed by atoms with Crippen molar-refractivity contribution in [2.24, 2.45) is 5.92 Å². The number of aliphatic hydroxyl groups is 1. The van der Waals surface area contributed by atoms with Crippen LogP contribution in [0.3, 0.4) is 0 Å². The minimum absolute atomic E-state index is 0.187. The van der Waals surface area contributed by atoms with Gasteiger partial charge in [0, 0.05) is 0 Å². The summed E-state index contributed by atoms with van der Waals surface area (Å²) in [5, 5.41) is 10.1. The van der Waals surface area contributed by atoms with E-state index in [1.807, 2.05) is 0 Å². The topological polar surface area (TPSA) is 20.2 Å². The highest BCUT2D eigenvalue weighted by Crippen LogP contribution is 2.45. The van der Waals surface area contributed by atoms with Crippen LogP contribution in [0.15, 0.2) is 18.2 Å². The van der Waals surface area contributed by atoms with E-state index in [-0.39, 0.29) is 5.92 Å². The molecule has 0 aliphatic heterocycles. The maximum Gasteiger partial charge on any atom is 0.159 e. The fraction of sp³-hybridized carbons (Fsp3) is 0.455. The van der Waals surface area contributed by atoms with E-state index >= 15 is 0 Å². The predicted octanol–water partition coefficient (Wildman–Crippen LogP) is 2.58. The van der Waals surface area contributed by atoms with Crippen LogP contribution in [0.25, 0.3) is 0 Å². The van der Waals surface area contributed by atoms with Crippen molar-refractivity contribution in [2.45, 2.75) is 25.4 Å². The molecule has 1 saturated carbocycles. The lowest BCUT2D eigenvalue weighted by molar-refractivity contribution is 0.0327. The van der Waals surface area contributed by atoms with Crippen molar-refractivity contribution in [3.8, 4) is 0 Å². The van der Waals surface area contributed by atoms with Gasteiger partial charge in [-0.2, -0.15) is 0 Å². The molecule has 1 fully saturated rings. The monoisotopic (exact) mass is 198 g/mol. The SMILES string of the molecule is CC(O)(c1ccc(F)c(F)c1)C1CC1. The summed E-state index contributed by atoms with van der Waals surface area (Å²) in [5.74, 6) is -1.59. The van der Waals surface area contributed by atoms with Gasteiger partial charge >= 0.3 is 0 Å². The largest absolute Gasteiger partial charge is 0.385 e. The molecule has 1 atom stereocenters. The normalized spacial score (nSPS) is 20.6. The Labute approximate surface area is 81.4 Å². The van der Waals surface area contributed by atoms with Crippen LogP contribution in [-0.4, -0.2) is 5.11 Å². The Morgan fingerprint density at radius 2 is 1.93 bits per heavy atom. The molecule has 0 amide bonds. The van der Waals surface area contributed by atoms with Crippen LogP contribution in [0.2, 0.25) is 0 Å². The van der Waals surface area contributed by atoms with E-state index in [1.54, 1.807) is 6.92 Å². The molecule has 76 valence electrons. The van der Waals surface area contributed by atoms with Gasteiger partial charge in [-0.05, 0) is 43.4 Å². The van der Waals surface area contributed by atoms with E-state index in [1.165, 1.54) is 6.07 Å². The van der Waals surface area contributed by atoms with Crippen LogP contribution in [-0.2, 0) is 5.60 Å². The second kappa shape index (κ2) is 3.02. The van der Waals surface area contributed by atoms with Crippen LogP contribution in [0, 0.1) is 17.6 Å².